The number of carbonyl (C=O) groups is 1. The lowest BCUT2D eigenvalue weighted by atomic mass is 10.1. The van der Waals surface area contributed by atoms with Crippen LogP contribution in [0.25, 0.3) is 0 Å². The van der Waals surface area contributed by atoms with Crippen LogP contribution in [0.5, 0.6) is 5.75 Å². The Balaban J connectivity index is 1.80. The van der Waals surface area contributed by atoms with E-state index in [0.29, 0.717) is 19.8 Å². The van der Waals surface area contributed by atoms with Crippen molar-refractivity contribution in [1.29, 1.82) is 0 Å². The van der Waals surface area contributed by atoms with Gasteiger partial charge in [0.15, 0.2) is 8.32 Å². The molecule has 1 aromatic rings. The van der Waals surface area contributed by atoms with Crippen LogP contribution in [-0.2, 0) is 9.16 Å². The first-order valence-corrected chi connectivity index (χ1v) is 11.3. The minimum Gasteiger partial charge on any atom is -0.491 e. The highest BCUT2D eigenvalue weighted by molar-refractivity contribution is 6.74. The molecule has 1 heterocycles. The molecule has 0 aliphatic carbocycles. The van der Waals surface area contributed by atoms with Gasteiger partial charge in [-0.15, -0.1) is 0 Å². The molecule has 6 heteroatoms. The molecule has 5 nitrogen and oxygen atoms in total. The van der Waals surface area contributed by atoms with Gasteiger partial charge < -0.3 is 18.8 Å². The molecule has 1 saturated heterocycles. The molecule has 1 unspecified atom stereocenters. The van der Waals surface area contributed by atoms with E-state index >= 15 is 0 Å². The van der Waals surface area contributed by atoms with Crippen LogP contribution in [-0.4, -0.2) is 46.1 Å². The Labute approximate surface area is 146 Å². The van der Waals surface area contributed by atoms with E-state index in [4.69, 9.17) is 13.9 Å². The van der Waals surface area contributed by atoms with Crippen LogP contribution in [0.4, 0.5) is 4.79 Å². The van der Waals surface area contributed by atoms with Gasteiger partial charge in [-0.05, 0) is 35.8 Å². The van der Waals surface area contributed by atoms with Crippen molar-refractivity contribution in [2.75, 3.05) is 26.8 Å². The maximum Gasteiger partial charge on any atom is 0.410 e. The van der Waals surface area contributed by atoms with Crippen molar-refractivity contribution in [3.8, 4) is 5.75 Å². The van der Waals surface area contributed by atoms with Gasteiger partial charge in [0.2, 0.25) is 0 Å². The number of carbonyl (C=O) groups excluding carboxylic acids is 1. The molecule has 24 heavy (non-hydrogen) atoms. The topological polar surface area (TPSA) is 48.0 Å². The Hall–Kier alpha value is -1.53. The monoisotopic (exact) mass is 351 g/mol. The first-order valence-electron chi connectivity index (χ1n) is 8.38. The number of cyclic esters (lactones) is 1. The molecule has 1 aromatic carbocycles. The smallest absolute Gasteiger partial charge is 0.410 e. The van der Waals surface area contributed by atoms with E-state index < -0.39 is 8.32 Å². The van der Waals surface area contributed by atoms with Crippen molar-refractivity contribution in [3.63, 3.8) is 0 Å². The van der Waals surface area contributed by atoms with Gasteiger partial charge >= 0.3 is 6.09 Å². The number of hydrogen-bond acceptors (Lipinski definition) is 4. The predicted molar refractivity (Wildman–Crippen MR) is 96.9 cm³/mol. The third-order valence-electron chi connectivity index (χ3n) is 4.87. The van der Waals surface area contributed by atoms with Gasteiger partial charge in [-0.25, -0.2) is 4.79 Å². The van der Waals surface area contributed by atoms with Gasteiger partial charge in [0.05, 0.1) is 13.2 Å². The van der Waals surface area contributed by atoms with E-state index in [1.165, 1.54) is 0 Å². The third-order valence-corrected chi connectivity index (χ3v) is 9.41. The summed E-state index contributed by atoms with van der Waals surface area (Å²) in [5.74, 6) is 0.801. The van der Waals surface area contributed by atoms with Crippen LogP contribution in [0.15, 0.2) is 24.3 Å². The second-order valence-electron chi connectivity index (χ2n) is 7.78. The SMILES string of the molecule is CN1CC(c2ccc(OCCO[Si](C)(C)C(C)(C)C)cc2)OC1=O. The molecule has 0 spiro atoms. The van der Waals surface area contributed by atoms with Gasteiger partial charge in [0.1, 0.15) is 18.5 Å². The van der Waals surface area contributed by atoms with Gasteiger partial charge in [-0.2, -0.15) is 0 Å². The fraction of sp³-hybridized carbons (Fsp3) is 0.611. The number of ether oxygens (including phenoxy) is 2. The molecular formula is C18H29NO4Si. The van der Waals surface area contributed by atoms with Crippen molar-refractivity contribution in [2.45, 2.75) is 45.0 Å². The Kier molecular flexibility index (Phi) is 5.60. The van der Waals surface area contributed by atoms with Crippen molar-refractivity contribution in [2.24, 2.45) is 0 Å². The van der Waals surface area contributed by atoms with Gasteiger partial charge in [-0.1, -0.05) is 32.9 Å². The third kappa shape index (κ3) is 4.51. The van der Waals surface area contributed by atoms with Crippen molar-refractivity contribution < 1.29 is 18.7 Å². The van der Waals surface area contributed by atoms with Crippen LogP contribution < -0.4 is 4.74 Å². The zero-order valence-electron chi connectivity index (χ0n) is 15.6. The van der Waals surface area contributed by atoms with Crippen LogP contribution >= 0.6 is 0 Å². The highest BCUT2D eigenvalue weighted by atomic mass is 28.4. The summed E-state index contributed by atoms with van der Waals surface area (Å²) >= 11 is 0. The molecule has 0 radical (unpaired) electrons. The lowest BCUT2D eigenvalue weighted by Gasteiger charge is -2.36. The zero-order valence-corrected chi connectivity index (χ0v) is 16.6. The molecule has 1 amide bonds. The molecule has 1 fully saturated rings. The Morgan fingerprint density at radius 2 is 1.83 bits per heavy atom. The van der Waals surface area contributed by atoms with E-state index in [2.05, 4.69) is 33.9 Å². The normalized spacial score (nSPS) is 18.7. The van der Waals surface area contributed by atoms with Crippen LogP contribution in [0, 0.1) is 0 Å². The fourth-order valence-electron chi connectivity index (χ4n) is 2.20. The first kappa shape index (κ1) is 18.8. The van der Waals surface area contributed by atoms with Crippen LogP contribution in [0.3, 0.4) is 0 Å². The standard InChI is InChI=1S/C18H29NO4Si/c1-18(2,3)24(5,6)22-12-11-21-15-9-7-14(8-10-15)16-13-19(4)17(20)23-16/h7-10,16H,11-13H2,1-6H3. The summed E-state index contributed by atoms with van der Waals surface area (Å²) in [6.07, 6.45) is -0.471. The average Bonchev–Trinajstić information content (AvgIpc) is 2.83. The second-order valence-corrected chi connectivity index (χ2v) is 12.6. The quantitative estimate of drug-likeness (QED) is 0.569. The second kappa shape index (κ2) is 7.15. The van der Waals surface area contributed by atoms with E-state index in [9.17, 15) is 4.79 Å². The van der Waals surface area contributed by atoms with Crippen molar-refractivity contribution >= 4 is 14.4 Å². The summed E-state index contributed by atoms with van der Waals surface area (Å²) < 4.78 is 17.1. The number of nitrogens with zero attached hydrogens (tertiary/aromatic N) is 1. The van der Waals surface area contributed by atoms with E-state index in [-0.39, 0.29) is 17.2 Å². The number of hydrogen-bond donors (Lipinski definition) is 0. The zero-order chi connectivity index (χ0) is 18.0. The Bertz CT molecular complexity index is 565. The maximum absolute atomic E-state index is 11.4. The van der Waals surface area contributed by atoms with E-state index in [0.717, 1.165) is 11.3 Å². The molecule has 1 aliphatic heterocycles. The largest absolute Gasteiger partial charge is 0.491 e. The summed E-state index contributed by atoms with van der Waals surface area (Å²) in [4.78, 5) is 13.0. The lowest BCUT2D eigenvalue weighted by molar-refractivity contribution is 0.135. The fourth-order valence-corrected chi connectivity index (χ4v) is 3.22. The minimum atomic E-state index is -1.72. The molecule has 134 valence electrons. The molecule has 0 bridgehead atoms. The summed E-state index contributed by atoms with van der Waals surface area (Å²) in [6, 6.07) is 7.71. The Morgan fingerprint density at radius 3 is 2.33 bits per heavy atom. The highest BCUT2D eigenvalue weighted by Crippen LogP contribution is 2.36. The lowest BCUT2D eigenvalue weighted by Crippen LogP contribution is -2.41. The van der Waals surface area contributed by atoms with Crippen molar-refractivity contribution in [3.05, 3.63) is 29.8 Å². The number of rotatable bonds is 6. The molecule has 0 aromatic heterocycles. The molecule has 0 saturated carbocycles. The number of likely N-dealkylation sites (N-methyl/N-ethyl adjacent to an activating group) is 1. The van der Waals surface area contributed by atoms with Crippen LogP contribution in [0.1, 0.15) is 32.4 Å². The number of amides is 1. The minimum absolute atomic E-state index is 0.196. The van der Waals surface area contributed by atoms with Gasteiger partial charge in [0.25, 0.3) is 0 Å². The molecule has 1 aliphatic rings. The summed E-state index contributed by atoms with van der Waals surface area (Å²) in [5, 5.41) is 0.209. The van der Waals surface area contributed by atoms with Gasteiger partial charge in [-0.3, -0.25) is 0 Å². The molecule has 2 rings (SSSR count). The molecule has 1 atom stereocenters. The van der Waals surface area contributed by atoms with Gasteiger partial charge in [0, 0.05) is 7.05 Å². The Morgan fingerprint density at radius 1 is 1.21 bits per heavy atom. The summed E-state index contributed by atoms with van der Waals surface area (Å²) in [5.41, 5.74) is 0.984. The average molecular weight is 352 g/mol. The van der Waals surface area contributed by atoms with E-state index in [1.807, 2.05) is 24.3 Å². The molecular weight excluding hydrogens is 322 g/mol. The number of benzene rings is 1. The first-order chi connectivity index (χ1) is 11.1. The molecule has 0 N–H and O–H groups in total. The van der Waals surface area contributed by atoms with Crippen LogP contribution in [0.2, 0.25) is 18.1 Å². The summed E-state index contributed by atoms with van der Waals surface area (Å²) in [7, 11) is 0.0222. The van der Waals surface area contributed by atoms with E-state index in [1.54, 1.807) is 11.9 Å². The summed E-state index contributed by atoms with van der Waals surface area (Å²) in [6.45, 7) is 12.9. The highest BCUT2D eigenvalue weighted by Gasteiger charge is 2.36. The van der Waals surface area contributed by atoms with Crippen molar-refractivity contribution in [1.82, 2.24) is 4.90 Å². The predicted octanol–water partition coefficient (Wildman–Crippen LogP) is 4.21. The maximum atomic E-state index is 11.4.